The third kappa shape index (κ3) is 3.78. The molecule has 2 aromatic rings. The molecule has 0 saturated heterocycles. The second-order valence-electron chi connectivity index (χ2n) is 5.46. The van der Waals surface area contributed by atoms with Crippen molar-refractivity contribution < 1.29 is 9.53 Å². The minimum absolute atomic E-state index is 0.106. The van der Waals surface area contributed by atoms with E-state index in [9.17, 15) is 4.79 Å². The summed E-state index contributed by atoms with van der Waals surface area (Å²) >= 11 is 0. The highest BCUT2D eigenvalue weighted by Gasteiger charge is 2.22. The quantitative estimate of drug-likeness (QED) is 0.737. The summed E-state index contributed by atoms with van der Waals surface area (Å²) in [5, 5.41) is 4.78. The lowest BCUT2D eigenvalue weighted by atomic mass is 10.0. The van der Waals surface area contributed by atoms with Crippen LogP contribution in [0, 0.1) is 0 Å². The minimum Gasteiger partial charge on any atom is -0.466 e. The van der Waals surface area contributed by atoms with E-state index in [1.165, 1.54) is 0 Å². The first-order valence-corrected chi connectivity index (χ1v) is 8.26. The average molecular weight is 315 g/mol. The minimum atomic E-state index is -0.187. The van der Waals surface area contributed by atoms with Gasteiger partial charge in [-0.05, 0) is 44.4 Å². The lowest BCUT2D eigenvalue weighted by Gasteiger charge is -2.16. The number of carbonyl (C=O) groups is 1. The Bertz CT molecular complexity index is 650. The van der Waals surface area contributed by atoms with E-state index in [4.69, 9.17) is 9.84 Å². The zero-order valence-electron chi connectivity index (χ0n) is 14.4. The van der Waals surface area contributed by atoms with E-state index >= 15 is 0 Å². The van der Waals surface area contributed by atoms with Crippen LogP contribution in [0.3, 0.4) is 0 Å². The zero-order chi connectivity index (χ0) is 16.8. The highest BCUT2D eigenvalue weighted by molar-refractivity contribution is 5.73. The van der Waals surface area contributed by atoms with Crippen molar-refractivity contribution in [3.63, 3.8) is 0 Å². The Morgan fingerprint density at radius 3 is 2.48 bits per heavy atom. The van der Waals surface area contributed by atoms with Gasteiger partial charge in [0.15, 0.2) is 0 Å². The first-order chi connectivity index (χ1) is 11.1. The molecule has 23 heavy (non-hydrogen) atoms. The second kappa shape index (κ2) is 7.90. The zero-order valence-corrected chi connectivity index (χ0v) is 14.4. The number of pyridine rings is 1. The Labute approximate surface area is 137 Å². The van der Waals surface area contributed by atoms with Gasteiger partial charge in [0.1, 0.15) is 0 Å². The van der Waals surface area contributed by atoms with Crippen LogP contribution in [-0.2, 0) is 28.8 Å². The largest absolute Gasteiger partial charge is 0.466 e. The molecule has 2 aromatic heterocycles. The normalized spacial score (nSPS) is 12.2. The van der Waals surface area contributed by atoms with Gasteiger partial charge in [-0.3, -0.25) is 14.5 Å². The third-order valence-electron chi connectivity index (χ3n) is 4.05. The molecule has 2 heterocycles. The van der Waals surface area contributed by atoms with Crippen LogP contribution in [-0.4, -0.2) is 27.3 Å². The van der Waals surface area contributed by atoms with Gasteiger partial charge >= 0.3 is 5.97 Å². The SMILES string of the molecule is CCOC(=O)Cc1c(CC)nn(C(C)c2ccncc2)c1CC. The predicted molar refractivity (Wildman–Crippen MR) is 89.4 cm³/mol. The highest BCUT2D eigenvalue weighted by Crippen LogP contribution is 2.24. The first kappa shape index (κ1) is 17.2. The summed E-state index contributed by atoms with van der Waals surface area (Å²) in [7, 11) is 0. The molecule has 5 nitrogen and oxygen atoms in total. The molecular weight excluding hydrogens is 290 g/mol. The van der Waals surface area contributed by atoms with Crippen LogP contribution in [0.5, 0.6) is 0 Å². The van der Waals surface area contributed by atoms with E-state index in [0.29, 0.717) is 13.0 Å². The summed E-state index contributed by atoms with van der Waals surface area (Å²) in [5.74, 6) is -0.187. The van der Waals surface area contributed by atoms with Gasteiger partial charge in [0.2, 0.25) is 0 Å². The van der Waals surface area contributed by atoms with Crippen molar-refractivity contribution >= 4 is 5.97 Å². The van der Waals surface area contributed by atoms with E-state index in [-0.39, 0.29) is 12.0 Å². The fourth-order valence-electron chi connectivity index (χ4n) is 2.88. The van der Waals surface area contributed by atoms with Crippen molar-refractivity contribution in [3.05, 3.63) is 47.0 Å². The number of ether oxygens (including phenoxy) is 1. The molecule has 0 N–H and O–H groups in total. The Balaban J connectivity index is 2.41. The summed E-state index contributed by atoms with van der Waals surface area (Å²) in [6.45, 7) is 8.52. The van der Waals surface area contributed by atoms with Crippen molar-refractivity contribution in [1.29, 1.82) is 0 Å². The Morgan fingerprint density at radius 2 is 1.91 bits per heavy atom. The van der Waals surface area contributed by atoms with Crippen LogP contribution in [0.25, 0.3) is 0 Å². The molecular formula is C18H25N3O2. The molecule has 2 rings (SSSR count). The van der Waals surface area contributed by atoms with Gasteiger partial charge in [-0.1, -0.05) is 13.8 Å². The number of nitrogens with zero attached hydrogens (tertiary/aromatic N) is 3. The lowest BCUT2D eigenvalue weighted by Crippen LogP contribution is -2.14. The van der Waals surface area contributed by atoms with Crippen LogP contribution in [0.15, 0.2) is 24.5 Å². The van der Waals surface area contributed by atoms with E-state index in [0.717, 1.165) is 35.4 Å². The number of rotatable bonds is 7. The topological polar surface area (TPSA) is 57.0 Å². The van der Waals surface area contributed by atoms with Crippen LogP contribution in [0.4, 0.5) is 0 Å². The van der Waals surface area contributed by atoms with Crippen LogP contribution < -0.4 is 0 Å². The van der Waals surface area contributed by atoms with Gasteiger partial charge in [-0.25, -0.2) is 0 Å². The second-order valence-corrected chi connectivity index (χ2v) is 5.46. The van der Waals surface area contributed by atoms with E-state index in [1.807, 2.05) is 23.7 Å². The monoisotopic (exact) mass is 315 g/mol. The van der Waals surface area contributed by atoms with Crippen LogP contribution in [0.2, 0.25) is 0 Å². The van der Waals surface area contributed by atoms with Gasteiger partial charge in [0.05, 0.1) is 24.8 Å². The number of aryl methyl sites for hydroxylation is 1. The summed E-state index contributed by atoms with van der Waals surface area (Å²) in [6.07, 6.45) is 5.51. The van der Waals surface area contributed by atoms with E-state index in [2.05, 4.69) is 25.8 Å². The van der Waals surface area contributed by atoms with Crippen LogP contribution >= 0.6 is 0 Å². The number of hydrogen-bond donors (Lipinski definition) is 0. The Morgan fingerprint density at radius 1 is 1.22 bits per heavy atom. The fourth-order valence-corrected chi connectivity index (χ4v) is 2.88. The fraction of sp³-hybridized carbons (Fsp3) is 0.500. The van der Waals surface area contributed by atoms with Gasteiger partial charge in [-0.2, -0.15) is 5.10 Å². The highest BCUT2D eigenvalue weighted by atomic mass is 16.5. The summed E-state index contributed by atoms with van der Waals surface area (Å²) in [4.78, 5) is 16.0. The molecule has 0 bridgehead atoms. The summed E-state index contributed by atoms with van der Waals surface area (Å²) < 4.78 is 7.16. The standard InChI is InChI=1S/C18H25N3O2/c1-5-16-15(12-18(22)23-7-3)17(6-2)21(20-16)13(4)14-8-10-19-11-9-14/h8-11,13H,5-7,12H2,1-4H3. The molecule has 5 heteroatoms. The molecule has 0 amide bonds. The Hall–Kier alpha value is -2.17. The van der Waals surface area contributed by atoms with Gasteiger partial charge in [-0.15, -0.1) is 0 Å². The number of aromatic nitrogens is 3. The molecule has 0 fully saturated rings. The summed E-state index contributed by atoms with van der Waals surface area (Å²) in [6, 6.07) is 4.11. The molecule has 124 valence electrons. The molecule has 0 aromatic carbocycles. The molecule has 0 radical (unpaired) electrons. The maximum Gasteiger partial charge on any atom is 0.310 e. The summed E-state index contributed by atoms with van der Waals surface area (Å²) in [5.41, 5.74) is 4.27. The predicted octanol–water partition coefficient (Wildman–Crippen LogP) is 3.12. The molecule has 0 spiro atoms. The molecule has 0 aliphatic heterocycles. The van der Waals surface area contributed by atoms with Crippen molar-refractivity contribution in [2.45, 2.75) is 53.0 Å². The van der Waals surface area contributed by atoms with Gasteiger partial charge in [0.25, 0.3) is 0 Å². The number of hydrogen-bond acceptors (Lipinski definition) is 4. The average Bonchev–Trinajstić information content (AvgIpc) is 2.92. The van der Waals surface area contributed by atoms with Gasteiger partial charge < -0.3 is 4.74 Å². The van der Waals surface area contributed by atoms with Crippen molar-refractivity contribution in [1.82, 2.24) is 14.8 Å². The molecule has 0 saturated carbocycles. The third-order valence-corrected chi connectivity index (χ3v) is 4.05. The first-order valence-electron chi connectivity index (χ1n) is 8.26. The maximum absolute atomic E-state index is 11.9. The maximum atomic E-state index is 11.9. The van der Waals surface area contributed by atoms with Crippen LogP contribution in [0.1, 0.15) is 56.3 Å². The van der Waals surface area contributed by atoms with Crippen molar-refractivity contribution in [2.75, 3.05) is 6.61 Å². The lowest BCUT2D eigenvalue weighted by molar-refractivity contribution is -0.142. The van der Waals surface area contributed by atoms with E-state index < -0.39 is 0 Å². The molecule has 0 aliphatic carbocycles. The number of esters is 1. The Kier molecular flexibility index (Phi) is 5.90. The number of carbonyl (C=O) groups excluding carboxylic acids is 1. The van der Waals surface area contributed by atoms with Crippen molar-refractivity contribution in [2.24, 2.45) is 0 Å². The molecule has 1 unspecified atom stereocenters. The van der Waals surface area contributed by atoms with Gasteiger partial charge in [0, 0.05) is 23.7 Å². The van der Waals surface area contributed by atoms with Crippen molar-refractivity contribution in [3.8, 4) is 0 Å². The van der Waals surface area contributed by atoms with E-state index in [1.54, 1.807) is 12.4 Å². The molecule has 0 aliphatic rings. The smallest absolute Gasteiger partial charge is 0.310 e. The molecule has 1 atom stereocenters.